The van der Waals surface area contributed by atoms with Crippen LogP contribution in [0.2, 0.25) is 0 Å². The van der Waals surface area contributed by atoms with Crippen molar-refractivity contribution in [3.8, 4) is 5.75 Å². The summed E-state index contributed by atoms with van der Waals surface area (Å²) in [6.07, 6.45) is 1.51. The van der Waals surface area contributed by atoms with Crippen molar-refractivity contribution in [1.29, 1.82) is 0 Å². The topological polar surface area (TPSA) is 68.5 Å². The quantitative estimate of drug-likeness (QED) is 0.290. The minimum absolute atomic E-state index is 0.347. The molecule has 5 nitrogen and oxygen atoms in total. The van der Waals surface area contributed by atoms with Crippen LogP contribution < -0.4 is 15.7 Å². The molecular formula is C24H23NO4. The smallest absolute Gasteiger partial charge is 0.344 e. The second kappa shape index (κ2) is 9.55. The third-order valence-electron chi connectivity index (χ3n) is 4.39. The summed E-state index contributed by atoms with van der Waals surface area (Å²) < 4.78 is 11.3. The van der Waals surface area contributed by atoms with Gasteiger partial charge in [-0.15, -0.1) is 0 Å². The van der Waals surface area contributed by atoms with Crippen LogP contribution in [0.25, 0.3) is 21.7 Å². The van der Waals surface area contributed by atoms with Gasteiger partial charge in [0.2, 0.25) is 0 Å². The second-order valence-electron chi connectivity index (χ2n) is 6.41. The van der Waals surface area contributed by atoms with E-state index in [1.807, 2.05) is 68.6 Å². The van der Waals surface area contributed by atoms with Gasteiger partial charge in [0.05, 0.1) is 5.39 Å². The molecule has 0 atom stereocenters. The van der Waals surface area contributed by atoms with E-state index in [0.717, 1.165) is 28.3 Å². The lowest BCUT2D eigenvalue weighted by Crippen LogP contribution is -2.01. The van der Waals surface area contributed by atoms with E-state index in [4.69, 9.17) is 9.15 Å². The average molecular weight is 389 g/mol. The third kappa shape index (κ3) is 4.82. The Morgan fingerprint density at radius 3 is 2.38 bits per heavy atom. The molecule has 148 valence electrons. The Balaban J connectivity index is 0.000000552. The fourth-order valence-electron chi connectivity index (χ4n) is 2.90. The van der Waals surface area contributed by atoms with E-state index in [0.29, 0.717) is 29.7 Å². The average Bonchev–Trinajstić information content (AvgIpc) is 2.78. The summed E-state index contributed by atoms with van der Waals surface area (Å²) in [4.78, 5) is 21.5. The van der Waals surface area contributed by atoms with Crippen molar-refractivity contribution in [2.24, 2.45) is 0 Å². The fraction of sp³-hybridized carbons (Fsp3) is 0.167. The molecule has 0 spiro atoms. The second-order valence-corrected chi connectivity index (χ2v) is 6.41. The van der Waals surface area contributed by atoms with Crippen LogP contribution in [0.5, 0.6) is 5.75 Å². The lowest BCUT2D eigenvalue weighted by Gasteiger charge is -2.09. The van der Waals surface area contributed by atoms with Crippen molar-refractivity contribution in [2.75, 3.05) is 12.4 Å². The van der Waals surface area contributed by atoms with Crippen molar-refractivity contribution < 1.29 is 13.9 Å². The maximum Gasteiger partial charge on any atom is 0.344 e. The minimum Gasteiger partial charge on any atom is -0.489 e. The molecule has 0 aliphatic rings. The first kappa shape index (κ1) is 20.1. The normalized spacial score (nSPS) is 10.3. The number of nitrogens with one attached hydrogen (secondary N) is 1. The molecule has 0 aliphatic carbocycles. The van der Waals surface area contributed by atoms with Gasteiger partial charge in [-0.05, 0) is 29.8 Å². The van der Waals surface area contributed by atoms with E-state index < -0.39 is 0 Å². The molecule has 1 heterocycles. The Bertz CT molecular complexity index is 1170. The Kier molecular flexibility index (Phi) is 6.63. The fourth-order valence-corrected chi connectivity index (χ4v) is 2.90. The van der Waals surface area contributed by atoms with Crippen molar-refractivity contribution in [2.45, 2.75) is 20.0 Å². The van der Waals surface area contributed by atoms with E-state index in [2.05, 4.69) is 5.32 Å². The summed E-state index contributed by atoms with van der Waals surface area (Å²) >= 11 is 0. The first-order chi connectivity index (χ1) is 14.2. The predicted octanol–water partition coefficient (Wildman–Crippen LogP) is 5.16. The number of carbonyl (C=O) groups is 1. The van der Waals surface area contributed by atoms with Crippen molar-refractivity contribution >= 4 is 33.7 Å². The third-order valence-corrected chi connectivity index (χ3v) is 4.39. The number of hydrogen-bond acceptors (Lipinski definition) is 5. The molecule has 0 radical (unpaired) electrons. The molecule has 4 aromatic rings. The highest BCUT2D eigenvalue weighted by Gasteiger charge is 2.09. The molecule has 1 N–H and O–H groups in total. The van der Waals surface area contributed by atoms with Crippen LogP contribution in [0, 0.1) is 0 Å². The van der Waals surface area contributed by atoms with Gasteiger partial charge >= 0.3 is 5.63 Å². The van der Waals surface area contributed by atoms with E-state index in [1.54, 1.807) is 12.1 Å². The zero-order valence-corrected chi connectivity index (χ0v) is 16.5. The van der Waals surface area contributed by atoms with Crippen molar-refractivity contribution in [1.82, 2.24) is 0 Å². The number of carbonyl (C=O) groups excluding carboxylic acids is 1. The van der Waals surface area contributed by atoms with Gasteiger partial charge in [-0.1, -0.05) is 43.3 Å². The molecular weight excluding hydrogens is 366 g/mol. The summed E-state index contributed by atoms with van der Waals surface area (Å²) in [5, 5.41) is 5.37. The highest BCUT2D eigenvalue weighted by atomic mass is 16.5. The largest absolute Gasteiger partial charge is 0.489 e. The van der Waals surface area contributed by atoms with Crippen molar-refractivity contribution in [3.63, 3.8) is 0 Å². The van der Waals surface area contributed by atoms with Crippen LogP contribution in [0.3, 0.4) is 0 Å². The Hall–Kier alpha value is -3.60. The first-order valence-corrected chi connectivity index (χ1v) is 9.45. The number of anilines is 1. The molecule has 0 aliphatic heterocycles. The van der Waals surface area contributed by atoms with Crippen LogP contribution in [0.1, 0.15) is 18.9 Å². The number of rotatable bonds is 5. The summed E-state index contributed by atoms with van der Waals surface area (Å²) in [6.45, 7) is 2.28. The Morgan fingerprint density at radius 2 is 1.69 bits per heavy atom. The zero-order valence-electron chi connectivity index (χ0n) is 16.5. The maximum absolute atomic E-state index is 12.3. The number of aldehydes is 1. The van der Waals surface area contributed by atoms with E-state index in [-0.39, 0.29) is 5.63 Å². The van der Waals surface area contributed by atoms with E-state index in [1.165, 1.54) is 0 Å². The predicted molar refractivity (Wildman–Crippen MR) is 117 cm³/mol. The first-order valence-electron chi connectivity index (χ1n) is 9.45. The van der Waals surface area contributed by atoms with Crippen LogP contribution >= 0.6 is 0 Å². The maximum atomic E-state index is 12.3. The lowest BCUT2D eigenvalue weighted by molar-refractivity contribution is -0.107. The summed E-state index contributed by atoms with van der Waals surface area (Å²) in [7, 11) is 1.82. The molecule has 4 rings (SSSR count). The molecule has 0 amide bonds. The molecule has 3 aromatic carbocycles. The Morgan fingerprint density at radius 1 is 0.966 bits per heavy atom. The van der Waals surface area contributed by atoms with Crippen LogP contribution in [0.15, 0.2) is 75.9 Å². The van der Waals surface area contributed by atoms with Gasteiger partial charge in [-0.2, -0.15) is 0 Å². The summed E-state index contributed by atoms with van der Waals surface area (Å²) in [5.74, 6) is 0.672. The highest BCUT2D eigenvalue weighted by molar-refractivity contribution is 6.05. The summed E-state index contributed by atoms with van der Waals surface area (Å²) in [5.41, 5.74) is 2.14. The lowest BCUT2D eigenvalue weighted by atomic mass is 10.1. The SMILES string of the molecule is CCC=O.CNc1ccc2c(c1)c(=O)oc1cc(OCc3ccccc3)ccc12. The number of ether oxygens (including phenoxy) is 1. The van der Waals surface area contributed by atoms with Crippen LogP contribution in [-0.4, -0.2) is 13.3 Å². The molecule has 0 unspecified atom stereocenters. The monoisotopic (exact) mass is 389 g/mol. The molecule has 5 heteroatoms. The standard InChI is InChI=1S/C21H17NO3.C3H6O/c1-22-15-7-9-17-18-10-8-16(24-13-14-5-3-2-4-6-14)12-20(18)25-21(23)19(17)11-15;1-2-3-4/h2-12,22H,13H2,1H3;3H,2H2,1H3. The number of hydrogen-bond donors (Lipinski definition) is 1. The molecule has 29 heavy (non-hydrogen) atoms. The van der Waals surface area contributed by atoms with Gasteiger partial charge in [0.15, 0.2) is 0 Å². The van der Waals surface area contributed by atoms with Crippen molar-refractivity contribution in [3.05, 3.63) is 82.7 Å². The van der Waals surface area contributed by atoms with Gasteiger partial charge in [-0.25, -0.2) is 4.79 Å². The van der Waals surface area contributed by atoms with E-state index in [9.17, 15) is 9.59 Å². The molecule has 0 saturated heterocycles. The van der Waals surface area contributed by atoms with Crippen LogP contribution in [0.4, 0.5) is 5.69 Å². The number of fused-ring (bicyclic) bond motifs is 3. The van der Waals surface area contributed by atoms with Crippen LogP contribution in [-0.2, 0) is 11.4 Å². The zero-order chi connectivity index (χ0) is 20.6. The van der Waals surface area contributed by atoms with Gasteiger partial charge in [0.1, 0.15) is 24.2 Å². The van der Waals surface area contributed by atoms with Gasteiger partial charge in [-0.3, -0.25) is 0 Å². The Labute approximate surface area is 168 Å². The van der Waals surface area contributed by atoms with Gasteiger partial charge in [0, 0.05) is 36.0 Å². The molecule has 0 bridgehead atoms. The minimum atomic E-state index is -0.347. The van der Waals surface area contributed by atoms with Gasteiger partial charge < -0.3 is 19.3 Å². The number of benzene rings is 3. The molecule has 0 saturated carbocycles. The summed E-state index contributed by atoms with van der Waals surface area (Å²) in [6, 6.07) is 21.2. The molecule has 1 aromatic heterocycles. The van der Waals surface area contributed by atoms with E-state index >= 15 is 0 Å². The van der Waals surface area contributed by atoms with Gasteiger partial charge in [0.25, 0.3) is 0 Å². The molecule has 0 fully saturated rings. The highest BCUT2D eigenvalue weighted by Crippen LogP contribution is 2.28.